The fourth-order valence-electron chi connectivity index (χ4n) is 3.73. The lowest BCUT2D eigenvalue weighted by Gasteiger charge is -2.48. The van der Waals surface area contributed by atoms with E-state index in [2.05, 4.69) is 39.2 Å². The highest BCUT2D eigenvalue weighted by Gasteiger charge is 2.40. The van der Waals surface area contributed by atoms with E-state index in [4.69, 9.17) is 5.11 Å². The molecular weight excluding hydrogens is 226 g/mol. The molecule has 1 fully saturated rings. The second kappa shape index (κ2) is 5.43. The van der Waals surface area contributed by atoms with Gasteiger partial charge < -0.3 is 5.11 Å². The molecule has 1 aliphatic carbocycles. The Morgan fingerprint density at radius 3 is 2.22 bits per heavy atom. The third-order valence-corrected chi connectivity index (χ3v) is 3.75. The topological polar surface area (TPSA) is 40.5 Å². The number of nitrogens with zero attached hydrogens (tertiary/aromatic N) is 1. The Labute approximate surface area is 111 Å². The fraction of sp³-hybridized carbons (Fsp3) is 0.800. The second-order valence-electron chi connectivity index (χ2n) is 7.18. The van der Waals surface area contributed by atoms with Crippen molar-refractivity contribution < 1.29 is 9.90 Å². The molecule has 0 saturated heterocycles. The highest BCUT2D eigenvalue weighted by molar-refractivity contribution is 5.69. The molecule has 0 aromatic heterocycles. The van der Waals surface area contributed by atoms with Gasteiger partial charge in [0.1, 0.15) is 0 Å². The van der Waals surface area contributed by atoms with E-state index in [1.165, 1.54) is 6.42 Å². The highest BCUT2D eigenvalue weighted by Crippen LogP contribution is 2.47. The van der Waals surface area contributed by atoms with Crippen molar-refractivity contribution in [2.75, 3.05) is 13.1 Å². The first-order chi connectivity index (χ1) is 8.15. The summed E-state index contributed by atoms with van der Waals surface area (Å²) in [6, 6.07) is 0.345. The maximum absolute atomic E-state index is 11.0. The number of carboxylic acid groups (broad SMARTS) is 1. The summed E-state index contributed by atoms with van der Waals surface area (Å²) >= 11 is 0. The van der Waals surface area contributed by atoms with Gasteiger partial charge in [-0.05, 0) is 30.1 Å². The van der Waals surface area contributed by atoms with Crippen molar-refractivity contribution in [1.82, 2.24) is 4.90 Å². The van der Waals surface area contributed by atoms with Crippen molar-refractivity contribution in [3.8, 4) is 0 Å². The first-order valence-corrected chi connectivity index (χ1v) is 6.72. The van der Waals surface area contributed by atoms with Crippen molar-refractivity contribution >= 4 is 5.97 Å². The highest BCUT2D eigenvalue weighted by atomic mass is 16.4. The van der Waals surface area contributed by atoms with Gasteiger partial charge in [0.2, 0.25) is 0 Å². The first-order valence-electron chi connectivity index (χ1n) is 6.72. The van der Waals surface area contributed by atoms with E-state index in [1.54, 1.807) is 6.08 Å². The standard InChI is InChI=1S/C15H27NO2/c1-6-7-16(10-13(17)18)12-8-14(2,3)11-15(4,5)9-12/h6,12H,1,7-11H2,2-5H3,(H,17,18). The van der Waals surface area contributed by atoms with Crippen LogP contribution >= 0.6 is 0 Å². The molecule has 1 rings (SSSR count). The predicted molar refractivity (Wildman–Crippen MR) is 74.6 cm³/mol. The zero-order valence-corrected chi connectivity index (χ0v) is 12.2. The van der Waals surface area contributed by atoms with Crippen molar-refractivity contribution in [2.45, 2.75) is 53.0 Å². The molecule has 1 saturated carbocycles. The van der Waals surface area contributed by atoms with Crippen LogP contribution in [0.1, 0.15) is 47.0 Å². The first kappa shape index (κ1) is 15.2. The Hall–Kier alpha value is -0.830. The van der Waals surface area contributed by atoms with E-state index in [-0.39, 0.29) is 17.4 Å². The Morgan fingerprint density at radius 1 is 1.33 bits per heavy atom. The van der Waals surface area contributed by atoms with Gasteiger partial charge in [0, 0.05) is 12.6 Å². The Kier molecular flexibility index (Phi) is 4.60. The van der Waals surface area contributed by atoms with Gasteiger partial charge in [-0.3, -0.25) is 9.69 Å². The lowest BCUT2D eigenvalue weighted by molar-refractivity contribution is -0.139. The van der Waals surface area contributed by atoms with Gasteiger partial charge in [0.25, 0.3) is 0 Å². The Balaban J connectivity index is 2.83. The van der Waals surface area contributed by atoms with E-state index in [0.717, 1.165) is 12.8 Å². The van der Waals surface area contributed by atoms with Crippen LogP contribution in [-0.2, 0) is 4.79 Å². The molecule has 0 bridgehead atoms. The minimum absolute atomic E-state index is 0.114. The zero-order valence-electron chi connectivity index (χ0n) is 12.2. The lowest BCUT2D eigenvalue weighted by atomic mass is 9.63. The minimum Gasteiger partial charge on any atom is -0.480 e. The van der Waals surface area contributed by atoms with Gasteiger partial charge in [-0.2, -0.15) is 0 Å². The van der Waals surface area contributed by atoms with Crippen LogP contribution < -0.4 is 0 Å². The molecule has 18 heavy (non-hydrogen) atoms. The van der Waals surface area contributed by atoms with Crippen LogP contribution in [0.3, 0.4) is 0 Å². The summed E-state index contributed by atoms with van der Waals surface area (Å²) in [7, 11) is 0. The molecule has 0 aromatic rings. The summed E-state index contributed by atoms with van der Waals surface area (Å²) in [4.78, 5) is 13.0. The van der Waals surface area contributed by atoms with Crippen LogP contribution in [0.15, 0.2) is 12.7 Å². The van der Waals surface area contributed by atoms with Crippen LogP contribution in [0.5, 0.6) is 0 Å². The third-order valence-electron chi connectivity index (χ3n) is 3.75. The van der Waals surface area contributed by atoms with Crippen molar-refractivity contribution in [1.29, 1.82) is 0 Å². The summed E-state index contributed by atoms with van der Waals surface area (Å²) < 4.78 is 0. The normalized spacial score (nSPS) is 22.9. The number of carboxylic acids is 1. The van der Waals surface area contributed by atoms with Crippen LogP contribution in [0.2, 0.25) is 0 Å². The monoisotopic (exact) mass is 253 g/mol. The average Bonchev–Trinajstić information content (AvgIpc) is 2.11. The molecule has 0 radical (unpaired) electrons. The SMILES string of the molecule is C=CCN(CC(=O)O)C1CC(C)(C)CC(C)(C)C1. The van der Waals surface area contributed by atoms with Crippen LogP contribution in [-0.4, -0.2) is 35.1 Å². The fourth-order valence-corrected chi connectivity index (χ4v) is 3.73. The summed E-state index contributed by atoms with van der Waals surface area (Å²) in [5.41, 5.74) is 0.564. The molecule has 1 aliphatic rings. The van der Waals surface area contributed by atoms with E-state index in [9.17, 15) is 4.79 Å². The van der Waals surface area contributed by atoms with Crippen molar-refractivity contribution in [2.24, 2.45) is 10.8 Å². The van der Waals surface area contributed by atoms with E-state index in [0.29, 0.717) is 12.6 Å². The van der Waals surface area contributed by atoms with Crippen LogP contribution in [0.25, 0.3) is 0 Å². The number of carbonyl (C=O) groups is 1. The molecule has 0 amide bonds. The molecule has 3 nitrogen and oxygen atoms in total. The van der Waals surface area contributed by atoms with Gasteiger partial charge in [0.05, 0.1) is 6.54 Å². The Bertz CT molecular complexity index is 304. The molecule has 1 N–H and O–H groups in total. The quantitative estimate of drug-likeness (QED) is 0.765. The van der Waals surface area contributed by atoms with Gasteiger partial charge >= 0.3 is 5.97 Å². The predicted octanol–water partition coefficient (Wildman–Crippen LogP) is 3.16. The molecule has 3 heteroatoms. The second-order valence-corrected chi connectivity index (χ2v) is 7.18. The molecule has 0 aromatic carbocycles. The summed E-state index contributed by atoms with van der Waals surface area (Å²) in [6.45, 7) is 13.7. The molecule has 104 valence electrons. The van der Waals surface area contributed by atoms with E-state index < -0.39 is 5.97 Å². The van der Waals surface area contributed by atoms with Gasteiger partial charge in [-0.1, -0.05) is 33.8 Å². The van der Waals surface area contributed by atoms with Crippen molar-refractivity contribution in [3.63, 3.8) is 0 Å². The van der Waals surface area contributed by atoms with E-state index in [1.807, 2.05) is 0 Å². The summed E-state index contributed by atoms with van der Waals surface area (Å²) in [5.74, 6) is -0.752. The minimum atomic E-state index is -0.752. The molecular formula is C15H27NO2. The molecule has 0 aliphatic heterocycles. The number of hydrogen-bond donors (Lipinski definition) is 1. The summed E-state index contributed by atoms with van der Waals surface area (Å²) in [6.07, 6.45) is 5.14. The molecule has 0 unspecified atom stereocenters. The van der Waals surface area contributed by atoms with Gasteiger partial charge in [-0.15, -0.1) is 6.58 Å². The van der Waals surface area contributed by atoms with E-state index >= 15 is 0 Å². The van der Waals surface area contributed by atoms with Gasteiger partial charge in [0.15, 0.2) is 0 Å². The van der Waals surface area contributed by atoms with Crippen LogP contribution in [0, 0.1) is 10.8 Å². The largest absolute Gasteiger partial charge is 0.480 e. The van der Waals surface area contributed by atoms with Crippen LogP contribution in [0.4, 0.5) is 0 Å². The average molecular weight is 253 g/mol. The maximum Gasteiger partial charge on any atom is 0.317 e. The van der Waals surface area contributed by atoms with Gasteiger partial charge in [-0.25, -0.2) is 0 Å². The lowest BCUT2D eigenvalue weighted by Crippen LogP contribution is -2.48. The molecule has 0 atom stereocenters. The number of rotatable bonds is 5. The molecule has 0 heterocycles. The number of hydrogen-bond acceptors (Lipinski definition) is 2. The van der Waals surface area contributed by atoms with Crippen molar-refractivity contribution in [3.05, 3.63) is 12.7 Å². The number of aliphatic carboxylic acids is 1. The summed E-state index contributed by atoms with van der Waals surface area (Å²) in [5, 5.41) is 9.03. The Morgan fingerprint density at radius 2 is 1.83 bits per heavy atom. The molecule has 0 spiro atoms. The third kappa shape index (κ3) is 4.45. The maximum atomic E-state index is 11.0. The zero-order chi connectivity index (χ0) is 14.0. The smallest absolute Gasteiger partial charge is 0.317 e.